The Morgan fingerprint density at radius 3 is 2.45 bits per heavy atom. The van der Waals surface area contributed by atoms with Crippen LogP contribution in [0.5, 0.6) is 11.5 Å². The first-order valence-electron chi connectivity index (χ1n) is 9.51. The highest BCUT2D eigenvalue weighted by molar-refractivity contribution is 5.74. The number of rotatable bonds is 4. The summed E-state index contributed by atoms with van der Waals surface area (Å²) in [5.41, 5.74) is 0.991. The van der Waals surface area contributed by atoms with Crippen molar-refractivity contribution in [2.75, 3.05) is 44.2 Å². The number of nitrogens with one attached hydrogen (secondary N) is 1. The number of fused-ring (bicyclic) bond motifs is 1. The molecular formula is C20H22N4O5. The third kappa shape index (κ3) is 4.34. The van der Waals surface area contributed by atoms with E-state index >= 15 is 0 Å². The Morgan fingerprint density at radius 1 is 1.07 bits per heavy atom. The SMILES string of the molecule is O=C(NC[C@@H]1COc2ccccc2O1)N1CCN(c2ccc([N+](=O)[O-])cc2)CC1. The Bertz CT molecular complexity index is 881. The van der Waals surface area contributed by atoms with Gasteiger partial charge in [0.15, 0.2) is 17.6 Å². The molecule has 0 unspecified atom stereocenters. The number of carbonyl (C=O) groups excluding carboxylic acids is 1. The van der Waals surface area contributed by atoms with Crippen LogP contribution in [0.3, 0.4) is 0 Å². The minimum atomic E-state index is -0.411. The molecule has 0 aliphatic carbocycles. The number of anilines is 1. The topological polar surface area (TPSA) is 97.2 Å². The van der Waals surface area contributed by atoms with E-state index in [1.54, 1.807) is 17.0 Å². The Morgan fingerprint density at radius 2 is 1.76 bits per heavy atom. The number of non-ortho nitro benzene ring substituents is 1. The number of amides is 2. The standard InChI is InChI=1S/C20H22N4O5/c25-20(21-13-17-14-28-18-3-1-2-4-19(18)29-17)23-11-9-22(10-12-23)15-5-7-16(8-6-15)24(26)27/h1-8,17H,9-14H2,(H,21,25)/t17-/m1/s1. The zero-order valence-electron chi connectivity index (χ0n) is 15.8. The third-order valence-electron chi connectivity index (χ3n) is 5.04. The van der Waals surface area contributed by atoms with Gasteiger partial charge in [0.2, 0.25) is 0 Å². The van der Waals surface area contributed by atoms with E-state index < -0.39 is 4.92 Å². The van der Waals surface area contributed by atoms with Crippen LogP contribution in [-0.2, 0) is 0 Å². The van der Waals surface area contributed by atoms with E-state index in [1.165, 1.54) is 12.1 Å². The van der Waals surface area contributed by atoms with Crippen LogP contribution in [0.2, 0.25) is 0 Å². The van der Waals surface area contributed by atoms with Gasteiger partial charge in [-0.05, 0) is 24.3 Å². The smallest absolute Gasteiger partial charge is 0.317 e. The number of urea groups is 1. The minimum Gasteiger partial charge on any atom is -0.486 e. The van der Waals surface area contributed by atoms with Gasteiger partial charge in [0, 0.05) is 44.0 Å². The number of nitrogens with zero attached hydrogens (tertiary/aromatic N) is 3. The molecule has 1 saturated heterocycles. The fraction of sp³-hybridized carbons (Fsp3) is 0.350. The van der Waals surface area contributed by atoms with Crippen molar-refractivity contribution in [2.24, 2.45) is 0 Å². The van der Waals surface area contributed by atoms with E-state index in [0.717, 1.165) is 11.4 Å². The number of carbonyl (C=O) groups is 1. The monoisotopic (exact) mass is 398 g/mol. The van der Waals surface area contributed by atoms with Crippen molar-refractivity contribution >= 4 is 17.4 Å². The molecule has 2 aromatic rings. The Balaban J connectivity index is 1.24. The van der Waals surface area contributed by atoms with Gasteiger partial charge in [-0.25, -0.2) is 4.79 Å². The lowest BCUT2D eigenvalue weighted by Gasteiger charge is -2.36. The molecule has 152 valence electrons. The largest absolute Gasteiger partial charge is 0.486 e. The summed E-state index contributed by atoms with van der Waals surface area (Å²) in [5.74, 6) is 1.41. The minimum absolute atomic E-state index is 0.0725. The molecule has 9 heteroatoms. The summed E-state index contributed by atoms with van der Waals surface area (Å²) in [5, 5.41) is 13.7. The number of hydrogen-bond acceptors (Lipinski definition) is 6. The van der Waals surface area contributed by atoms with Crippen molar-refractivity contribution in [1.82, 2.24) is 10.2 Å². The van der Waals surface area contributed by atoms with Gasteiger partial charge in [0.05, 0.1) is 11.5 Å². The molecule has 2 aliphatic heterocycles. The van der Waals surface area contributed by atoms with E-state index in [4.69, 9.17) is 9.47 Å². The fourth-order valence-electron chi connectivity index (χ4n) is 3.43. The molecule has 0 saturated carbocycles. The van der Waals surface area contributed by atoms with Crippen LogP contribution in [0.25, 0.3) is 0 Å². The van der Waals surface area contributed by atoms with Crippen molar-refractivity contribution in [3.05, 3.63) is 58.6 Å². The molecule has 1 atom stereocenters. The third-order valence-corrected chi connectivity index (χ3v) is 5.04. The maximum Gasteiger partial charge on any atom is 0.317 e. The van der Waals surface area contributed by atoms with Crippen molar-refractivity contribution in [3.63, 3.8) is 0 Å². The van der Waals surface area contributed by atoms with Crippen LogP contribution in [-0.4, -0.2) is 61.3 Å². The predicted octanol–water partition coefficient (Wildman–Crippen LogP) is 2.27. The van der Waals surface area contributed by atoms with Crippen molar-refractivity contribution in [3.8, 4) is 11.5 Å². The number of nitro groups is 1. The highest BCUT2D eigenvalue weighted by Gasteiger charge is 2.24. The first-order chi connectivity index (χ1) is 14.1. The average molecular weight is 398 g/mol. The highest BCUT2D eigenvalue weighted by Crippen LogP contribution is 2.30. The lowest BCUT2D eigenvalue weighted by atomic mass is 10.2. The zero-order chi connectivity index (χ0) is 20.2. The summed E-state index contributed by atoms with van der Waals surface area (Å²) >= 11 is 0. The molecule has 2 aliphatic rings. The van der Waals surface area contributed by atoms with Crippen molar-refractivity contribution in [1.29, 1.82) is 0 Å². The lowest BCUT2D eigenvalue weighted by Crippen LogP contribution is -2.53. The van der Waals surface area contributed by atoms with Crippen LogP contribution in [0.4, 0.5) is 16.2 Å². The van der Waals surface area contributed by atoms with Gasteiger partial charge in [0.1, 0.15) is 6.61 Å². The molecule has 4 rings (SSSR count). The second kappa shape index (κ2) is 8.26. The molecule has 2 amide bonds. The molecule has 0 spiro atoms. The van der Waals surface area contributed by atoms with E-state index in [-0.39, 0.29) is 17.8 Å². The number of piperazine rings is 1. The number of hydrogen-bond donors (Lipinski definition) is 1. The van der Waals surface area contributed by atoms with Gasteiger partial charge in [-0.3, -0.25) is 10.1 Å². The maximum atomic E-state index is 12.5. The summed E-state index contributed by atoms with van der Waals surface area (Å²) < 4.78 is 11.5. The molecule has 0 radical (unpaired) electrons. The van der Waals surface area contributed by atoms with Crippen LogP contribution in [0.1, 0.15) is 0 Å². The van der Waals surface area contributed by atoms with Crippen molar-refractivity contribution < 1.29 is 19.2 Å². The number of nitro benzene ring substituents is 1. The first kappa shape index (κ1) is 18.9. The Labute approximate surface area is 168 Å². The number of para-hydroxylation sites is 2. The second-order valence-corrected chi connectivity index (χ2v) is 6.93. The molecule has 2 heterocycles. The molecule has 29 heavy (non-hydrogen) atoms. The van der Waals surface area contributed by atoms with Gasteiger partial charge in [0.25, 0.3) is 5.69 Å². The number of ether oxygens (including phenoxy) is 2. The van der Waals surface area contributed by atoms with Gasteiger partial charge in [-0.2, -0.15) is 0 Å². The predicted molar refractivity (Wildman–Crippen MR) is 107 cm³/mol. The maximum absolute atomic E-state index is 12.5. The van der Waals surface area contributed by atoms with Gasteiger partial charge in [-0.1, -0.05) is 12.1 Å². The van der Waals surface area contributed by atoms with E-state index in [2.05, 4.69) is 10.2 Å². The zero-order valence-corrected chi connectivity index (χ0v) is 15.8. The molecular weight excluding hydrogens is 376 g/mol. The molecule has 2 aromatic carbocycles. The van der Waals surface area contributed by atoms with Gasteiger partial charge < -0.3 is 24.6 Å². The number of benzene rings is 2. The van der Waals surface area contributed by atoms with E-state index in [0.29, 0.717) is 45.1 Å². The first-order valence-corrected chi connectivity index (χ1v) is 9.51. The van der Waals surface area contributed by atoms with E-state index in [1.807, 2.05) is 24.3 Å². The van der Waals surface area contributed by atoms with Crippen LogP contribution in [0.15, 0.2) is 48.5 Å². The summed E-state index contributed by atoms with van der Waals surface area (Å²) in [6.07, 6.45) is -0.227. The summed E-state index contributed by atoms with van der Waals surface area (Å²) in [7, 11) is 0. The van der Waals surface area contributed by atoms with Crippen LogP contribution >= 0.6 is 0 Å². The summed E-state index contributed by atoms with van der Waals surface area (Å²) in [6.45, 7) is 3.26. The second-order valence-electron chi connectivity index (χ2n) is 6.93. The average Bonchev–Trinajstić information content (AvgIpc) is 2.77. The molecule has 9 nitrogen and oxygen atoms in total. The Kier molecular flexibility index (Phi) is 5.37. The molecule has 1 fully saturated rings. The summed E-state index contributed by atoms with van der Waals surface area (Å²) in [6, 6.07) is 13.8. The molecule has 0 aromatic heterocycles. The normalized spacial score (nSPS) is 18.3. The lowest BCUT2D eigenvalue weighted by molar-refractivity contribution is -0.384. The fourth-order valence-corrected chi connectivity index (χ4v) is 3.43. The van der Waals surface area contributed by atoms with Crippen molar-refractivity contribution in [2.45, 2.75) is 6.10 Å². The highest BCUT2D eigenvalue weighted by atomic mass is 16.6. The van der Waals surface area contributed by atoms with Gasteiger partial charge >= 0.3 is 6.03 Å². The van der Waals surface area contributed by atoms with Gasteiger partial charge in [-0.15, -0.1) is 0 Å². The Hall–Kier alpha value is -3.49. The van der Waals surface area contributed by atoms with Crippen LogP contribution in [0, 0.1) is 10.1 Å². The van der Waals surface area contributed by atoms with Crippen LogP contribution < -0.4 is 19.7 Å². The summed E-state index contributed by atoms with van der Waals surface area (Å²) in [4.78, 5) is 26.7. The van der Waals surface area contributed by atoms with E-state index in [9.17, 15) is 14.9 Å². The quantitative estimate of drug-likeness (QED) is 0.627. The molecule has 0 bridgehead atoms. The molecule has 1 N–H and O–H groups in total.